The Morgan fingerprint density at radius 1 is 1.35 bits per heavy atom. The quantitative estimate of drug-likeness (QED) is 0.878. The minimum absolute atomic E-state index is 0.0196. The Bertz CT molecular complexity index is 777. The van der Waals surface area contributed by atoms with Gasteiger partial charge in [-0.3, -0.25) is 9.59 Å². The van der Waals surface area contributed by atoms with Gasteiger partial charge >= 0.3 is 0 Å². The Labute approximate surface area is 138 Å². The topological polar surface area (TPSA) is 62.3 Å². The van der Waals surface area contributed by atoms with Gasteiger partial charge in [-0.2, -0.15) is 0 Å². The van der Waals surface area contributed by atoms with E-state index in [1.807, 2.05) is 5.38 Å². The molecule has 3 saturated heterocycles. The molecule has 6 heteroatoms. The second kappa shape index (κ2) is 5.69. The van der Waals surface area contributed by atoms with Gasteiger partial charge in [0.05, 0.1) is 4.70 Å². The van der Waals surface area contributed by atoms with E-state index in [4.69, 9.17) is 0 Å². The number of pyridine rings is 1. The van der Waals surface area contributed by atoms with E-state index in [-0.39, 0.29) is 17.7 Å². The Balaban J connectivity index is 1.57. The van der Waals surface area contributed by atoms with Gasteiger partial charge in [-0.1, -0.05) is 0 Å². The molecule has 3 fully saturated rings. The van der Waals surface area contributed by atoms with E-state index in [0.29, 0.717) is 17.2 Å². The van der Waals surface area contributed by atoms with Crippen molar-refractivity contribution in [3.05, 3.63) is 28.9 Å². The van der Waals surface area contributed by atoms with Crippen LogP contribution in [0.15, 0.2) is 17.6 Å². The van der Waals surface area contributed by atoms with Crippen LogP contribution in [0.3, 0.4) is 0 Å². The summed E-state index contributed by atoms with van der Waals surface area (Å²) in [7, 11) is 0. The van der Waals surface area contributed by atoms with E-state index in [2.05, 4.69) is 15.2 Å². The van der Waals surface area contributed by atoms with Crippen LogP contribution in [0.25, 0.3) is 10.1 Å². The van der Waals surface area contributed by atoms with Gasteiger partial charge in [0.25, 0.3) is 5.91 Å². The molecule has 1 N–H and O–H groups in total. The van der Waals surface area contributed by atoms with Gasteiger partial charge < -0.3 is 10.2 Å². The van der Waals surface area contributed by atoms with Crippen molar-refractivity contribution in [2.45, 2.75) is 25.8 Å². The second-order valence-corrected chi connectivity index (χ2v) is 7.40. The molecule has 5 rings (SSSR count). The molecular formula is C17H19N3O2S. The molecule has 0 aliphatic carbocycles. The summed E-state index contributed by atoms with van der Waals surface area (Å²) >= 11 is 1.49. The molecule has 3 aliphatic heterocycles. The first-order valence-corrected chi connectivity index (χ1v) is 8.91. The Kier molecular flexibility index (Phi) is 3.66. The van der Waals surface area contributed by atoms with E-state index >= 15 is 0 Å². The number of ketones is 1. The minimum Gasteiger partial charge on any atom is -0.346 e. The normalized spacial score (nSPS) is 26.4. The molecule has 3 aliphatic rings. The lowest BCUT2D eigenvalue weighted by Gasteiger charge is -2.44. The van der Waals surface area contributed by atoms with Gasteiger partial charge in [0.2, 0.25) is 0 Å². The maximum Gasteiger partial charge on any atom is 0.270 e. The van der Waals surface area contributed by atoms with Gasteiger partial charge in [0.15, 0.2) is 5.78 Å². The summed E-state index contributed by atoms with van der Waals surface area (Å²) in [5.74, 6) is 0.471. The zero-order valence-electron chi connectivity index (χ0n) is 13.0. The number of amides is 1. The van der Waals surface area contributed by atoms with Crippen LogP contribution in [0.5, 0.6) is 0 Å². The van der Waals surface area contributed by atoms with E-state index in [1.54, 1.807) is 19.2 Å². The molecular weight excluding hydrogens is 310 g/mol. The number of piperidine rings is 3. The molecule has 2 aromatic rings. The Morgan fingerprint density at radius 2 is 2.13 bits per heavy atom. The van der Waals surface area contributed by atoms with E-state index in [0.717, 1.165) is 42.6 Å². The molecule has 0 spiro atoms. The highest BCUT2D eigenvalue weighted by molar-refractivity contribution is 7.17. The fourth-order valence-corrected chi connectivity index (χ4v) is 4.65. The zero-order valence-corrected chi connectivity index (χ0v) is 13.9. The number of hydrogen-bond donors (Lipinski definition) is 1. The highest BCUT2D eigenvalue weighted by Crippen LogP contribution is 2.28. The average molecular weight is 329 g/mol. The summed E-state index contributed by atoms with van der Waals surface area (Å²) in [6.45, 7) is 4.79. The molecule has 1 atom stereocenters. The summed E-state index contributed by atoms with van der Waals surface area (Å²) in [6, 6.07) is 1.97. The third-order valence-corrected chi connectivity index (χ3v) is 5.98. The summed E-state index contributed by atoms with van der Waals surface area (Å²) in [4.78, 5) is 30.9. The van der Waals surface area contributed by atoms with E-state index < -0.39 is 0 Å². The first-order chi connectivity index (χ1) is 11.1. The van der Waals surface area contributed by atoms with Gasteiger partial charge in [-0.15, -0.1) is 11.3 Å². The summed E-state index contributed by atoms with van der Waals surface area (Å²) < 4.78 is 0.939. The standard InChI is InChI=1S/C17H19N3O2S/c1-10(21)13-9-23-16-7-18-14(6-12(13)16)17(22)19-15-8-20-4-2-11(15)3-5-20/h6-7,9,11,15H,2-5,8H2,1H3,(H,19,22)/t15-/m0/s1. The number of thiophene rings is 1. The largest absolute Gasteiger partial charge is 0.346 e. The summed E-state index contributed by atoms with van der Waals surface area (Å²) in [5.41, 5.74) is 1.07. The Hall–Kier alpha value is -1.79. The van der Waals surface area contributed by atoms with Crippen LogP contribution in [0.2, 0.25) is 0 Å². The lowest BCUT2D eigenvalue weighted by molar-refractivity contribution is 0.0618. The van der Waals surface area contributed by atoms with Crippen molar-refractivity contribution in [1.82, 2.24) is 15.2 Å². The molecule has 5 heterocycles. The first-order valence-electron chi connectivity index (χ1n) is 8.03. The third kappa shape index (κ3) is 2.66. The SMILES string of the molecule is CC(=O)c1csc2cnc(C(=O)N[C@H]3CN4CCC3CC4)cc12. The van der Waals surface area contributed by atoms with Crippen molar-refractivity contribution in [2.24, 2.45) is 5.92 Å². The van der Waals surface area contributed by atoms with Gasteiger partial charge in [0, 0.05) is 35.1 Å². The lowest BCUT2D eigenvalue weighted by Crippen LogP contribution is -2.57. The number of carbonyl (C=O) groups is 2. The predicted molar refractivity (Wildman–Crippen MR) is 90.0 cm³/mol. The van der Waals surface area contributed by atoms with Crippen molar-refractivity contribution in [1.29, 1.82) is 0 Å². The number of carbonyl (C=O) groups excluding carboxylic acids is 2. The van der Waals surface area contributed by atoms with E-state index in [9.17, 15) is 9.59 Å². The maximum absolute atomic E-state index is 12.6. The van der Waals surface area contributed by atoms with Crippen molar-refractivity contribution < 1.29 is 9.59 Å². The summed E-state index contributed by atoms with van der Waals surface area (Å²) in [6.07, 6.45) is 4.02. The fourth-order valence-electron chi connectivity index (χ4n) is 3.70. The minimum atomic E-state index is -0.133. The van der Waals surface area contributed by atoms with Crippen molar-refractivity contribution in [3.8, 4) is 0 Å². The number of rotatable bonds is 3. The highest BCUT2D eigenvalue weighted by Gasteiger charge is 2.35. The van der Waals surface area contributed by atoms with Crippen LogP contribution < -0.4 is 5.32 Å². The second-order valence-electron chi connectivity index (χ2n) is 6.49. The number of nitrogens with zero attached hydrogens (tertiary/aromatic N) is 2. The van der Waals surface area contributed by atoms with Crippen LogP contribution >= 0.6 is 11.3 Å². The number of Topliss-reactive ketones (excluding diaryl/α,β-unsaturated/α-hetero) is 1. The van der Waals surface area contributed by atoms with Crippen LogP contribution in [-0.4, -0.2) is 47.3 Å². The fraction of sp³-hybridized carbons (Fsp3) is 0.471. The van der Waals surface area contributed by atoms with Crippen molar-refractivity contribution >= 4 is 33.1 Å². The molecule has 1 amide bonds. The number of hydrogen-bond acceptors (Lipinski definition) is 5. The van der Waals surface area contributed by atoms with Crippen LogP contribution in [-0.2, 0) is 0 Å². The molecule has 0 saturated carbocycles. The first kappa shape index (κ1) is 14.8. The van der Waals surface area contributed by atoms with Gasteiger partial charge in [0.1, 0.15) is 5.69 Å². The average Bonchev–Trinajstić information content (AvgIpc) is 2.99. The molecule has 5 nitrogen and oxygen atoms in total. The number of fused-ring (bicyclic) bond motifs is 4. The molecule has 0 radical (unpaired) electrons. The zero-order chi connectivity index (χ0) is 16.0. The molecule has 23 heavy (non-hydrogen) atoms. The molecule has 0 aromatic carbocycles. The smallest absolute Gasteiger partial charge is 0.270 e. The van der Waals surface area contributed by atoms with Crippen LogP contribution in [0.4, 0.5) is 0 Å². The van der Waals surface area contributed by atoms with Gasteiger partial charge in [-0.25, -0.2) is 4.98 Å². The monoisotopic (exact) mass is 329 g/mol. The van der Waals surface area contributed by atoms with Gasteiger partial charge in [-0.05, 0) is 44.8 Å². The van der Waals surface area contributed by atoms with Crippen molar-refractivity contribution in [3.63, 3.8) is 0 Å². The molecule has 2 bridgehead atoms. The molecule has 2 aromatic heterocycles. The number of aromatic nitrogens is 1. The number of nitrogens with one attached hydrogen (secondary N) is 1. The lowest BCUT2D eigenvalue weighted by atomic mass is 9.84. The van der Waals surface area contributed by atoms with Crippen LogP contribution in [0, 0.1) is 5.92 Å². The summed E-state index contributed by atoms with van der Waals surface area (Å²) in [5, 5.41) is 5.81. The van der Waals surface area contributed by atoms with Crippen molar-refractivity contribution in [2.75, 3.05) is 19.6 Å². The molecule has 120 valence electrons. The Morgan fingerprint density at radius 3 is 2.78 bits per heavy atom. The van der Waals surface area contributed by atoms with Crippen LogP contribution in [0.1, 0.15) is 40.6 Å². The predicted octanol–water partition coefficient (Wildman–Crippen LogP) is 2.32. The van der Waals surface area contributed by atoms with E-state index in [1.165, 1.54) is 11.3 Å². The molecule has 0 unspecified atom stereocenters. The highest BCUT2D eigenvalue weighted by atomic mass is 32.1. The maximum atomic E-state index is 12.6. The third-order valence-electron chi connectivity index (χ3n) is 5.05.